The van der Waals surface area contributed by atoms with Gasteiger partial charge >= 0.3 is 0 Å². The van der Waals surface area contributed by atoms with Crippen molar-refractivity contribution in [3.8, 4) is 17.2 Å². The molecule has 0 aromatic heterocycles. The second-order valence-electron chi connectivity index (χ2n) is 8.87. The minimum Gasteiger partial charge on any atom is -0.505 e. The molecule has 2 amide bonds. The summed E-state index contributed by atoms with van der Waals surface area (Å²) in [6, 6.07) is 29.5. The van der Waals surface area contributed by atoms with Crippen LogP contribution in [0, 0.1) is 0 Å². The SMILES string of the molecule is COc1ccccc1NC(=O)c1ccccc1N=Nc1c(O)c(C(=O)Nc2ccccc2OC)cc2ccccc12. The minimum atomic E-state index is -0.550. The molecule has 0 radical (unpaired) electrons. The number of nitrogens with one attached hydrogen (secondary N) is 2. The molecule has 5 aromatic carbocycles. The number of methoxy groups -OCH3 is 2. The first-order valence-corrected chi connectivity index (χ1v) is 12.6. The van der Waals surface area contributed by atoms with Gasteiger partial charge in [-0.15, -0.1) is 10.2 Å². The highest BCUT2D eigenvalue weighted by molar-refractivity contribution is 6.12. The molecule has 3 N–H and O–H groups in total. The van der Waals surface area contributed by atoms with E-state index >= 15 is 0 Å². The van der Waals surface area contributed by atoms with Crippen LogP contribution in [0.15, 0.2) is 113 Å². The molecule has 0 heterocycles. The number of para-hydroxylation sites is 4. The van der Waals surface area contributed by atoms with Gasteiger partial charge in [-0.05, 0) is 47.9 Å². The molecule has 0 aliphatic heterocycles. The molecular weight excluding hydrogens is 520 g/mol. The van der Waals surface area contributed by atoms with Gasteiger partial charge in [0.15, 0.2) is 5.75 Å². The van der Waals surface area contributed by atoms with Crippen LogP contribution in [0.4, 0.5) is 22.7 Å². The van der Waals surface area contributed by atoms with Crippen LogP contribution in [0.3, 0.4) is 0 Å². The first-order chi connectivity index (χ1) is 20.0. The number of carbonyl (C=O) groups is 2. The van der Waals surface area contributed by atoms with E-state index in [1.807, 2.05) is 12.1 Å². The van der Waals surface area contributed by atoms with Crippen LogP contribution >= 0.6 is 0 Å². The molecule has 0 atom stereocenters. The van der Waals surface area contributed by atoms with Gasteiger partial charge in [-0.3, -0.25) is 9.59 Å². The van der Waals surface area contributed by atoms with Crippen LogP contribution < -0.4 is 20.1 Å². The Morgan fingerprint density at radius 3 is 1.85 bits per heavy atom. The van der Waals surface area contributed by atoms with Gasteiger partial charge < -0.3 is 25.2 Å². The molecule has 0 spiro atoms. The predicted octanol–water partition coefficient (Wildman–Crippen LogP) is 7.48. The lowest BCUT2D eigenvalue weighted by molar-refractivity contribution is 0.101. The van der Waals surface area contributed by atoms with Crippen molar-refractivity contribution >= 4 is 45.3 Å². The van der Waals surface area contributed by atoms with Crippen LogP contribution in [-0.2, 0) is 0 Å². The predicted molar refractivity (Wildman–Crippen MR) is 158 cm³/mol. The van der Waals surface area contributed by atoms with E-state index < -0.39 is 11.8 Å². The second kappa shape index (κ2) is 12.0. The second-order valence-corrected chi connectivity index (χ2v) is 8.87. The Morgan fingerprint density at radius 1 is 0.659 bits per heavy atom. The van der Waals surface area contributed by atoms with Crippen LogP contribution in [0.1, 0.15) is 20.7 Å². The number of phenols is 1. The normalized spacial score (nSPS) is 10.9. The largest absolute Gasteiger partial charge is 0.505 e. The van der Waals surface area contributed by atoms with E-state index in [1.165, 1.54) is 14.2 Å². The molecule has 41 heavy (non-hydrogen) atoms. The molecule has 5 aromatic rings. The lowest BCUT2D eigenvalue weighted by atomic mass is 10.0. The minimum absolute atomic E-state index is 0.00533. The summed E-state index contributed by atoms with van der Waals surface area (Å²) in [6.45, 7) is 0. The molecule has 5 rings (SSSR count). The number of rotatable bonds is 8. The van der Waals surface area contributed by atoms with Gasteiger partial charge in [-0.25, -0.2) is 0 Å². The number of azo groups is 1. The number of anilines is 2. The summed E-state index contributed by atoms with van der Waals surface area (Å²) < 4.78 is 10.7. The van der Waals surface area contributed by atoms with Crippen molar-refractivity contribution in [2.75, 3.05) is 24.9 Å². The van der Waals surface area contributed by atoms with Gasteiger partial charge in [0, 0.05) is 5.39 Å². The maximum atomic E-state index is 13.3. The molecule has 9 nitrogen and oxygen atoms in total. The Hall–Kier alpha value is -5.70. The fourth-order valence-corrected chi connectivity index (χ4v) is 4.32. The zero-order valence-electron chi connectivity index (χ0n) is 22.3. The number of nitrogens with zero attached hydrogens (tertiary/aromatic N) is 2. The third-order valence-electron chi connectivity index (χ3n) is 6.36. The Kier molecular flexibility index (Phi) is 7.87. The van der Waals surface area contributed by atoms with Gasteiger partial charge in [0.25, 0.3) is 11.8 Å². The summed E-state index contributed by atoms with van der Waals surface area (Å²) >= 11 is 0. The lowest BCUT2D eigenvalue weighted by Crippen LogP contribution is -2.13. The zero-order chi connectivity index (χ0) is 28.8. The van der Waals surface area contributed by atoms with Gasteiger partial charge in [0.05, 0.1) is 42.4 Å². The van der Waals surface area contributed by atoms with Crippen LogP contribution in [-0.4, -0.2) is 31.1 Å². The number of carbonyl (C=O) groups excluding carboxylic acids is 2. The smallest absolute Gasteiger partial charge is 0.259 e. The average molecular weight is 547 g/mol. The molecule has 0 saturated heterocycles. The molecular formula is C32H26N4O5. The first kappa shape index (κ1) is 26.9. The van der Waals surface area contributed by atoms with Gasteiger partial charge in [0.2, 0.25) is 0 Å². The highest BCUT2D eigenvalue weighted by Crippen LogP contribution is 2.40. The van der Waals surface area contributed by atoms with Crippen LogP contribution in [0.5, 0.6) is 17.2 Å². The van der Waals surface area contributed by atoms with Crippen molar-refractivity contribution in [3.05, 3.63) is 114 Å². The topological polar surface area (TPSA) is 122 Å². The molecule has 0 bridgehead atoms. The van der Waals surface area contributed by atoms with E-state index in [9.17, 15) is 14.7 Å². The number of aromatic hydroxyl groups is 1. The maximum Gasteiger partial charge on any atom is 0.259 e. The van der Waals surface area contributed by atoms with Crippen molar-refractivity contribution in [1.82, 2.24) is 0 Å². The quantitative estimate of drug-likeness (QED) is 0.174. The number of benzene rings is 5. The van der Waals surface area contributed by atoms with Gasteiger partial charge in [-0.2, -0.15) is 0 Å². The molecule has 0 aliphatic rings. The summed E-state index contributed by atoms with van der Waals surface area (Å²) in [6.07, 6.45) is 0. The number of hydrogen-bond donors (Lipinski definition) is 3. The van der Waals surface area contributed by atoms with Crippen LogP contribution in [0.25, 0.3) is 10.8 Å². The van der Waals surface area contributed by atoms with Crippen molar-refractivity contribution in [2.45, 2.75) is 0 Å². The highest BCUT2D eigenvalue weighted by Gasteiger charge is 2.20. The third kappa shape index (κ3) is 5.69. The van der Waals surface area contributed by atoms with E-state index in [0.717, 1.165) is 0 Å². The summed E-state index contributed by atoms with van der Waals surface area (Å²) in [7, 11) is 3.03. The summed E-state index contributed by atoms with van der Waals surface area (Å²) in [5, 5.41) is 26.8. The summed E-state index contributed by atoms with van der Waals surface area (Å²) in [4.78, 5) is 26.5. The van der Waals surface area contributed by atoms with E-state index in [2.05, 4.69) is 20.9 Å². The van der Waals surface area contributed by atoms with E-state index in [-0.39, 0.29) is 28.3 Å². The highest BCUT2D eigenvalue weighted by atomic mass is 16.5. The van der Waals surface area contributed by atoms with Crippen LogP contribution in [0.2, 0.25) is 0 Å². The summed E-state index contributed by atoms with van der Waals surface area (Å²) in [5.74, 6) is -0.326. The molecule has 204 valence electrons. The van der Waals surface area contributed by atoms with Gasteiger partial charge in [0.1, 0.15) is 17.2 Å². The maximum absolute atomic E-state index is 13.3. The number of hydrogen-bond acceptors (Lipinski definition) is 7. The molecule has 0 saturated carbocycles. The lowest BCUT2D eigenvalue weighted by Gasteiger charge is -2.13. The summed E-state index contributed by atoms with van der Waals surface area (Å²) in [5.41, 5.74) is 1.58. The van der Waals surface area contributed by atoms with E-state index in [0.29, 0.717) is 33.6 Å². The third-order valence-corrected chi connectivity index (χ3v) is 6.36. The number of ether oxygens (including phenoxy) is 2. The molecule has 0 unspecified atom stereocenters. The van der Waals surface area contributed by atoms with E-state index in [1.54, 1.807) is 91.0 Å². The molecule has 9 heteroatoms. The first-order valence-electron chi connectivity index (χ1n) is 12.6. The average Bonchev–Trinajstić information content (AvgIpc) is 3.01. The number of amides is 2. The molecule has 0 aliphatic carbocycles. The fraction of sp³-hybridized carbons (Fsp3) is 0.0625. The van der Waals surface area contributed by atoms with Gasteiger partial charge in [-0.1, -0.05) is 60.7 Å². The Morgan fingerprint density at radius 2 is 1.20 bits per heavy atom. The standard InChI is InChI=1S/C32H26N4O5/c1-40-27-17-9-7-15-25(27)33-31(38)22-13-5-6-14-24(22)35-36-29-21-12-4-3-11-20(21)19-23(30(29)37)32(39)34-26-16-8-10-18-28(26)41-2/h3-19,37H,1-2H3,(H,33,38)(H,34,39). The van der Waals surface area contributed by atoms with E-state index in [4.69, 9.17) is 9.47 Å². The van der Waals surface area contributed by atoms with Crippen molar-refractivity contribution in [2.24, 2.45) is 10.2 Å². The molecule has 0 fully saturated rings. The zero-order valence-corrected chi connectivity index (χ0v) is 22.3. The number of fused-ring (bicyclic) bond motifs is 1. The Bertz CT molecular complexity index is 1780. The monoisotopic (exact) mass is 546 g/mol. The Balaban J connectivity index is 1.51. The Labute approximate surface area is 236 Å². The fourth-order valence-electron chi connectivity index (χ4n) is 4.32. The van der Waals surface area contributed by atoms with Crippen molar-refractivity contribution in [3.63, 3.8) is 0 Å². The number of phenolic OH excluding ortho intramolecular Hbond substituents is 1. The van der Waals surface area contributed by atoms with Crippen molar-refractivity contribution < 1.29 is 24.2 Å². The van der Waals surface area contributed by atoms with Crippen molar-refractivity contribution in [1.29, 1.82) is 0 Å².